The predicted molar refractivity (Wildman–Crippen MR) is 73.6 cm³/mol. The zero-order chi connectivity index (χ0) is 13.2. The molecule has 1 aromatic rings. The first kappa shape index (κ1) is 14.7. The summed E-state index contributed by atoms with van der Waals surface area (Å²) in [7, 11) is 0. The van der Waals surface area contributed by atoms with Crippen LogP contribution in [0.3, 0.4) is 0 Å². The van der Waals surface area contributed by atoms with Gasteiger partial charge in [-0.3, -0.25) is 0 Å². The van der Waals surface area contributed by atoms with Crippen molar-refractivity contribution in [1.29, 1.82) is 0 Å². The van der Waals surface area contributed by atoms with E-state index in [2.05, 4.69) is 6.92 Å². The molecule has 1 aromatic carbocycles. The number of ether oxygens (including phenoxy) is 1. The predicted octanol–water partition coefficient (Wildman–Crippen LogP) is 2.92. The van der Waals surface area contributed by atoms with Crippen LogP contribution in [-0.4, -0.2) is 19.1 Å². The quantitative estimate of drug-likeness (QED) is 0.569. The summed E-state index contributed by atoms with van der Waals surface area (Å²) in [6, 6.07) is 7.66. The highest BCUT2D eigenvalue weighted by molar-refractivity contribution is 5.89. The molecule has 0 unspecified atom stereocenters. The molecule has 0 amide bonds. The molecule has 0 aromatic heterocycles. The number of rotatable bonds is 8. The zero-order valence-electron chi connectivity index (χ0n) is 11.2. The molecule has 0 spiro atoms. The second-order valence-corrected chi connectivity index (χ2v) is 4.43. The molecule has 0 aliphatic carbocycles. The van der Waals surface area contributed by atoms with Crippen molar-refractivity contribution < 1.29 is 9.53 Å². The number of carbonyl (C=O) groups is 1. The lowest BCUT2D eigenvalue weighted by atomic mass is 10.0. The minimum absolute atomic E-state index is 0.275. The van der Waals surface area contributed by atoms with E-state index < -0.39 is 0 Å². The monoisotopic (exact) mass is 249 g/mol. The van der Waals surface area contributed by atoms with E-state index in [0.717, 1.165) is 6.42 Å². The van der Waals surface area contributed by atoms with Gasteiger partial charge in [0.25, 0.3) is 0 Å². The third kappa shape index (κ3) is 5.32. The Morgan fingerprint density at radius 1 is 1.17 bits per heavy atom. The Bertz CT molecular complexity index is 346. The molecule has 0 radical (unpaired) electrons. The topological polar surface area (TPSA) is 52.3 Å². The van der Waals surface area contributed by atoms with Crippen LogP contribution in [0.25, 0.3) is 0 Å². The van der Waals surface area contributed by atoms with Gasteiger partial charge in [-0.25, -0.2) is 4.79 Å². The maximum absolute atomic E-state index is 11.5. The van der Waals surface area contributed by atoms with Crippen molar-refractivity contribution in [3.8, 4) is 0 Å². The van der Waals surface area contributed by atoms with Crippen LogP contribution in [0.15, 0.2) is 24.3 Å². The van der Waals surface area contributed by atoms with E-state index in [1.165, 1.54) is 31.2 Å². The number of unbranched alkanes of at least 4 members (excludes halogenated alkanes) is 3. The Labute approximate surface area is 109 Å². The molecule has 100 valence electrons. The summed E-state index contributed by atoms with van der Waals surface area (Å²) < 4.78 is 4.97. The van der Waals surface area contributed by atoms with Gasteiger partial charge < -0.3 is 10.5 Å². The van der Waals surface area contributed by atoms with Crippen LogP contribution in [0.2, 0.25) is 0 Å². The second-order valence-electron chi connectivity index (χ2n) is 4.43. The molecule has 3 heteroatoms. The first-order valence-electron chi connectivity index (χ1n) is 6.74. The summed E-state index contributed by atoms with van der Waals surface area (Å²) in [4.78, 5) is 11.5. The van der Waals surface area contributed by atoms with Crippen molar-refractivity contribution in [3.05, 3.63) is 35.4 Å². The van der Waals surface area contributed by atoms with Crippen molar-refractivity contribution in [3.63, 3.8) is 0 Å². The number of esters is 1. The maximum atomic E-state index is 11.5. The van der Waals surface area contributed by atoms with E-state index in [0.29, 0.717) is 12.1 Å². The third-order valence-electron chi connectivity index (χ3n) is 2.86. The van der Waals surface area contributed by atoms with Crippen LogP contribution in [0.5, 0.6) is 0 Å². The van der Waals surface area contributed by atoms with Crippen LogP contribution >= 0.6 is 0 Å². The van der Waals surface area contributed by atoms with Gasteiger partial charge in [0.05, 0.1) is 5.56 Å². The Kier molecular flexibility index (Phi) is 7.11. The van der Waals surface area contributed by atoms with Crippen molar-refractivity contribution in [2.24, 2.45) is 5.73 Å². The Hall–Kier alpha value is -1.35. The van der Waals surface area contributed by atoms with E-state index in [4.69, 9.17) is 10.5 Å². The van der Waals surface area contributed by atoms with E-state index >= 15 is 0 Å². The fourth-order valence-corrected chi connectivity index (χ4v) is 1.80. The van der Waals surface area contributed by atoms with Crippen molar-refractivity contribution in [2.45, 2.75) is 39.0 Å². The maximum Gasteiger partial charge on any atom is 0.338 e. The minimum Gasteiger partial charge on any atom is -0.461 e. The normalized spacial score (nSPS) is 10.3. The molecule has 0 aliphatic heterocycles. The van der Waals surface area contributed by atoms with Gasteiger partial charge in [0, 0.05) is 6.54 Å². The van der Waals surface area contributed by atoms with Crippen molar-refractivity contribution in [1.82, 2.24) is 0 Å². The highest BCUT2D eigenvalue weighted by Crippen LogP contribution is 2.10. The summed E-state index contributed by atoms with van der Waals surface area (Å²) in [5, 5.41) is 0. The summed E-state index contributed by atoms with van der Waals surface area (Å²) in [6.07, 6.45) is 6.12. The Balaban J connectivity index is 2.39. The number of hydrogen-bond donors (Lipinski definition) is 1. The van der Waals surface area contributed by atoms with Crippen LogP contribution in [0.4, 0.5) is 0 Å². The lowest BCUT2D eigenvalue weighted by Crippen LogP contribution is -2.13. The first-order chi connectivity index (χ1) is 8.77. The van der Waals surface area contributed by atoms with E-state index in [9.17, 15) is 4.79 Å². The molecule has 1 rings (SSSR count). The molecule has 0 bridgehead atoms. The van der Waals surface area contributed by atoms with Gasteiger partial charge in [-0.15, -0.1) is 0 Å². The molecule has 3 nitrogen and oxygen atoms in total. The number of carbonyl (C=O) groups excluding carboxylic acids is 1. The molecule has 0 saturated heterocycles. The molecule has 0 aliphatic rings. The third-order valence-corrected chi connectivity index (χ3v) is 2.86. The van der Waals surface area contributed by atoms with Gasteiger partial charge >= 0.3 is 5.97 Å². The van der Waals surface area contributed by atoms with Gasteiger partial charge in [-0.1, -0.05) is 38.3 Å². The smallest absolute Gasteiger partial charge is 0.338 e. The van der Waals surface area contributed by atoms with E-state index in [-0.39, 0.29) is 12.6 Å². The van der Waals surface area contributed by atoms with Crippen LogP contribution in [0.1, 0.15) is 48.5 Å². The largest absolute Gasteiger partial charge is 0.461 e. The average Bonchev–Trinajstić information content (AvgIpc) is 2.41. The average molecular weight is 249 g/mol. The van der Waals surface area contributed by atoms with Gasteiger partial charge in [-0.05, 0) is 30.5 Å². The summed E-state index contributed by atoms with van der Waals surface area (Å²) in [5.74, 6) is -0.294. The highest BCUT2D eigenvalue weighted by Gasteiger charge is 2.05. The zero-order valence-corrected chi connectivity index (χ0v) is 11.2. The van der Waals surface area contributed by atoms with Crippen LogP contribution in [-0.2, 0) is 11.2 Å². The number of hydrogen-bond acceptors (Lipinski definition) is 3. The molecular formula is C15H23NO2. The van der Waals surface area contributed by atoms with Gasteiger partial charge in [0.1, 0.15) is 6.61 Å². The lowest BCUT2D eigenvalue weighted by molar-refractivity contribution is 0.0517. The molecule has 2 N–H and O–H groups in total. The molecule has 0 atom stereocenters. The lowest BCUT2D eigenvalue weighted by Gasteiger charge is -2.05. The van der Waals surface area contributed by atoms with Gasteiger partial charge in [-0.2, -0.15) is 0 Å². The fraction of sp³-hybridized carbons (Fsp3) is 0.533. The van der Waals surface area contributed by atoms with Crippen LogP contribution in [0, 0.1) is 0 Å². The summed E-state index contributed by atoms with van der Waals surface area (Å²) in [6.45, 7) is 2.85. The highest BCUT2D eigenvalue weighted by atomic mass is 16.5. The van der Waals surface area contributed by atoms with Gasteiger partial charge in [0.2, 0.25) is 0 Å². The summed E-state index contributed by atoms with van der Waals surface area (Å²) >= 11 is 0. The number of aryl methyl sites for hydroxylation is 1. The summed E-state index contributed by atoms with van der Waals surface area (Å²) in [5.41, 5.74) is 7.16. The fourth-order valence-electron chi connectivity index (χ4n) is 1.80. The first-order valence-corrected chi connectivity index (χ1v) is 6.74. The van der Waals surface area contributed by atoms with E-state index in [1.54, 1.807) is 0 Å². The van der Waals surface area contributed by atoms with Crippen molar-refractivity contribution in [2.75, 3.05) is 13.2 Å². The molecular weight excluding hydrogens is 226 g/mol. The van der Waals surface area contributed by atoms with E-state index in [1.807, 2.05) is 24.3 Å². The SMILES string of the molecule is CCCCCCc1ccc(C(=O)OCCN)cc1. The molecule has 18 heavy (non-hydrogen) atoms. The van der Waals surface area contributed by atoms with Gasteiger partial charge in [0.15, 0.2) is 0 Å². The standard InChI is InChI=1S/C15H23NO2/c1-2-3-4-5-6-13-7-9-14(10-8-13)15(17)18-12-11-16/h7-10H,2-6,11-12,16H2,1H3. The Morgan fingerprint density at radius 3 is 2.50 bits per heavy atom. The van der Waals surface area contributed by atoms with Crippen LogP contribution < -0.4 is 5.73 Å². The number of nitrogens with two attached hydrogens (primary N) is 1. The van der Waals surface area contributed by atoms with Crippen molar-refractivity contribution >= 4 is 5.97 Å². The molecule has 0 fully saturated rings. The molecule has 0 heterocycles. The second kappa shape index (κ2) is 8.70. The minimum atomic E-state index is -0.294. The Morgan fingerprint density at radius 2 is 1.89 bits per heavy atom. The number of benzene rings is 1. The molecule has 0 saturated carbocycles.